The number of hydrogen-bond acceptors (Lipinski definition) is 3. The standard InChI is InChI=1S/C21H33N2O3S/c1-6-11-23(12-7-2,13-8-3)15-19(24)22-18-14-17-9-10-21(18,20(17,4)5)16-27(22,25)26/h6-8,17-18H,1-3,9-16H2,4-5H3/q+1/t17-,18-,21-/m0/s1. The maximum absolute atomic E-state index is 13.4. The van der Waals surface area contributed by atoms with Gasteiger partial charge in [0, 0.05) is 5.41 Å². The number of rotatable bonds is 8. The Morgan fingerprint density at radius 2 is 1.70 bits per heavy atom. The minimum absolute atomic E-state index is 0.0327. The minimum atomic E-state index is -3.58. The van der Waals surface area contributed by atoms with E-state index >= 15 is 0 Å². The molecule has 0 aromatic heterocycles. The SMILES string of the molecule is C=CC[N+](CC=C)(CC=C)CC(=O)N1[C@H]2C[C@@H]3CC[C@@]2(CS1(=O)=O)C3(C)C. The van der Waals surface area contributed by atoms with E-state index in [1.54, 1.807) is 18.2 Å². The van der Waals surface area contributed by atoms with E-state index in [0.717, 1.165) is 19.3 Å². The molecular formula is C21H33N2O3S+. The smallest absolute Gasteiger partial charge is 0.291 e. The van der Waals surface area contributed by atoms with Gasteiger partial charge in [0.25, 0.3) is 5.91 Å². The first-order chi connectivity index (χ1) is 12.6. The van der Waals surface area contributed by atoms with E-state index in [4.69, 9.17) is 0 Å². The predicted molar refractivity (Wildman–Crippen MR) is 108 cm³/mol. The molecule has 27 heavy (non-hydrogen) atoms. The van der Waals surface area contributed by atoms with Gasteiger partial charge >= 0.3 is 0 Å². The van der Waals surface area contributed by atoms with Crippen LogP contribution in [0, 0.1) is 16.7 Å². The Balaban J connectivity index is 1.93. The second-order valence-corrected chi connectivity index (χ2v) is 11.1. The Bertz CT molecular complexity index is 744. The zero-order valence-electron chi connectivity index (χ0n) is 16.7. The van der Waals surface area contributed by atoms with Crippen LogP contribution < -0.4 is 0 Å². The molecule has 6 heteroatoms. The molecular weight excluding hydrogens is 360 g/mol. The van der Waals surface area contributed by atoms with Crippen LogP contribution in [0.25, 0.3) is 0 Å². The number of nitrogens with zero attached hydrogens (tertiary/aromatic N) is 2. The topological polar surface area (TPSA) is 54.5 Å². The molecule has 0 N–H and O–H groups in total. The molecule has 2 bridgehead atoms. The molecule has 0 aromatic rings. The summed E-state index contributed by atoms with van der Waals surface area (Å²) in [5.41, 5.74) is -0.313. The monoisotopic (exact) mass is 393 g/mol. The Morgan fingerprint density at radius 1 is 1.15 bits per heavy atom. The number of sulfonamides is 1. The summed E-state index contributed by atoms with van der Waals surface area (Å²) in [7, 11) is -3.58. The Morgan fingerprint density at radius 3 is 2.19 bits per heavy atom. The lowest BCUT2D eigenvalue weighted by Crippen LogP contribution is -2.56. The van der Waals surface area contributed by atoms with Crippen molar-refractivity contribution in [1.82, 2.24) is 4.31 Å². The fraction of sp³-hybridized carbons (Fsp3) is 0.667. The van der Waals surface area contributed by atoms with Gasteiger partial charge in [-0.1, -0.05) is 33.6 Å². The largest absolute Gasteiger partial charge is 0.306 e. The van der Waals surface area contributed by atoms with E-state index in [1.165, 1.54) is 4.31 Å². The first-order valence-electron chi connectivity index (χ1n) is 9.82. The average Bonchev–Trinajstić information content (AvgIpc) is 3.02. The summed E-state index contributed by atoms with van der Waals surface area (Å²) in [6.45, 7) is 17.7. The van der Waals surface area contributed by atoms with Crippen molar-refractivity contribution >= 4 is 15.9 Å². The predicted octanol–water partition coefficient (Wildman–Crippen LogP) is 2.73. The molecule has 3 aliphatic rings. The number of amides is 1. The van der Waals surface area contributed by atoms with Crippen LogP contribution in [0.5, 0.6) is 0 Å². The van der Waals surface area contributed by atoms with Crippen LogP contribution in [0.2, 0.25) is 0 Å². The Kier molecular flexibility index (Phi) is 4.96. The fourth-order valence-electron chi connectivity index (χ4n) is 6.21. The summed E-state index contributed by atoms with van der Waals surface area (Å²) < 4.78 is 27.8. The van der Waals surface area contributed by atoms with E-state index in [2.05, 4.69) is 33.6 Å². The highest BCUT2D eigenvalue weighted by atomic mass is 32.2. The van der Waals surface area contributed by atoms with Crippen molar-refractivity contribution < 1.29 is 17.7 Å². The average molecular weight is 394 g/mol. The molecule has 0 radical (unpaired) electrons. The first kappa shape index (κ1) is 20.3. The lowest BCUT2D eigenvalue weighted by Gasteiger charge is -2.39. The summed E-state index contributed by atoms with van der Waals surface area (Å²) in [4.78, 5) is 13.4. The molecule has 5 nitrogen and oxygen atoms in total. The van der Waals surface area contributed by atoms with Crippen LogP contribution in [0.3, 0.4) is 0 Å². The van der Waals surface area contributed by atoms with Gasteiger partial charge in [-0.2, -0.15) is 0 Å². The lowest BCUT2D eigenvalue weighted by atomic mass is 9.69. The molecule has 1 spiro atoms. The van der Waals surface area contributed by atoms with Crippen LogP contribution in [0.1, 0.15) is 33.1 Å². The van der Waals surface area contributed by atoms with Crippen molar-refractivity contribution in [3.05, 3.63) is 38.0 Å². The molecule has 1 saturated heterocycles. The van der Waals surface area contributed by atoms with Crippen molar-refractivity contribution in [3.8, 4) is 0 Å². The van der Waals surface area contributed by atoms with Crippen LogP contribution >= 0.6 is 0 Å². The van der Waals surface area contributed by atoms with Gasteiger partial charge in [0.15, 0.2) is 6.54 Å². The molecule has 150 valence electrons. The molecule has 1 aliphatic heterocycles. The van der Waals surface area contributed by atoms with Crippen LogP contribution in [0.4, 0.5) is 0 Å². The maximum Gasteiger partial charge on any atom is 0.291 e. The second-order valence-electron chi connectivity index (χ2n) is 9.22. The number of fused-ring (bicyclic) bond motifs is 1. The number of quaternary nitrogens is 1. The number of carbonyl (C=O) groups is 1. The zero-order valence-corrected chi connectivity index (χ0v) is 17.5. The summed E-state index contributed by atoms with van der Waals surface area (Å²) in [6, 6.07) is -0.179. The van der Waals surface area contributed by atoms with Crippen molar-refractivity contribution in [1.29, 1.82) is 0 Å². The van der Waals surface area contributed by atoms with Gasteiger partial charge in [-0.3, -0.25) is 4.79 Å². The highest BCUT2D eigenvalue weighted by molar-refractivity contribution is 7.90. The van der Waals surface area contributed by atoms with Gasteiger partial charge < -0.3 is 4.48 Å². The number of carbonyl (C=O) groups excluding carboxylic acids is 1. The third kappa shape index (κ3) is 2.83. The highest BCUT2D eigenvalue weighted by Gasteiger charge is 2.72. The van der Waals surface area contributed by atoms with Crippen molar-refractivity contribution in [3.63, 3.8) is 0 Å². The Labute approximate surface area is 164 Å². The Hall–Kier alpha value is -1.40. The quantitative estimate of drug-likeness (QED) is 0.471. The van der Waals surface area contributed by atoms with Crippen LogP contribution in [-0.4, -0.2) is 61.1 Å². The van der Waals surface area contributed by atoms with Crippen molar-refractivity contribution in [2.75, 3.05) is 31.9 Å². The first-order valence-corrected chi connectivity index (χ1v) is 11.4. The number of hydrogen-bond donors (Lipinski definition) is 0. The van der Waals surface area contributed by atoms with Gasteiger partial charge in [0.05, 0.1) is 31.4 Å². The molecule has 2 aliphatic carbocycles. The summed E-state index contributed by atoms with van der Waals surface area (Å²) in [6.07, 6.45) is 8.12. The molecule has 3 rings (SSSR count). The normalized spacial score (nSPS) is 32.9. The van der Waals surface area contributed by atoms with Gasteiger partial charge in [-0.25, -0.2) is 12.7 Å². The summed E-state index contributed by atoms with van der Waals surface area (Å²) in [5, 5.41) is 0. The van der Waals surface area contributed by atoms with Gasteiger partial charge in [-0.05, 0) is 48.8 Å². The van der Waals surface area contributed by atoms with Gasteiger partial charge in [0.2, 0.25) is 10.0 Å². The second kappa shape index (κ2) is 6.59. The lowest BCUT2D eigenvalue weighted by molar-refractivity contribution is -0.904. The molecule has 3 fully saturated rings. The van der Waals surface area contributed by atoms with Crippen molar-refractivity contribution in [2.24, 2.45) is 16.7 Å². The van der Waals surface area contributed by atoms with E-state index in [0.29, 0.717) is 30.0 Å². The molecule has 1 amide bonds. The van der Waals surface area contributed by atoms with Crippen LogP contribution in [-0.2, 0) is 14.8 Å². The van der Waals surface area contributed by atoms with Gasteiger partial charge in [-0.15, -0.1) is 0 Å². The van der Waals surface area contributed by atoms with Crippen molar-refractivity contribution in [2.45, 2.75) is 39.2 Å². The summed E-state index contributed by atoms with van der Waals surface area (Å²) in [5.74, 6) is 0.331. The molecule has 3 atom stereocenters. The third-order valence-corrected chi connectivity index (χ3v) is 9.61. The summed E-state index contributed by atoms with van der Waals surface area (Å²) >= 11 is 0. The van der Waals surface area contributed by atoms with E-state index < -0.39 is 10.0 Å². The van der Waals surface area contributed by atoms with E-state index in [-0.39, 0.29) is 35.1 Å². The molecule has 0 unspecified atom stereocenters. The minimum Gasteiger partial charge on any atom is -0.306 e. The molecule has 2 saturated carbocycles. The van der Waals surface area contributed by atoms with E-state index in [1.807, 2.05) is 0 Å². The van der Waals surface area contributed by atoms with E-state index in [9.17, 15) is 13.2 Å². The molecule has 1 heterocycles. The third-order valence-electron chi connectivity index (χ3n) is 7.68. The fourth-order valence-corrected chi connectivity index (χ4v) is 8.76. The van der Waals surface area contributed by atoms with Crippen LogP contribution in [0.15, 0.2) is 38.0 Å². The highest BCUT2D eigenvalue weighted by Crippen LogP contribution is 2.69. The molecule has 0 aromatic carbocycles. The maximum atomic E-state index is 13.4. The van der Waals surface area contributed by atoms with Gasteiger partial charge in [0.1, 0.15) is 0 Å². The zero-order chi connectivity index (χ0) is 20.1.